The van der Waals surface area contributed by atoms with Crippen LogP contribution >= 0.6 is 15.9 Å². The fourth-order valence-corrected chi connectivity index (χ4v) is 2.10. The second-order valence-corrected chi connectivity index (χ2v) is 4.38. The quantitative estimate of drug-likeness (QED) is 0.738. The van der Waals surface area contributed by atoms with Crippen LogP contribution in [-0.4, -0.2) is 19.7 Å². The van der Waals surface area contributed by atoms with E-state index >= 15 is 0 Å². The molecule has 5 heteroatoms. The first-order valence-electron chi connectivity index (χ1n) is 4.31. The number of rotatable bonds is 3. The number of alkyl halides is 1. The highest BCUT2D eigenvalue weighted by atomic mass is 79.9. The lowest BCUT2D eigenvalue weighted by atomic mass is 10.1. The molecule has 1 aromatic rings. The molecule has 1 aliphatic carbocycles. The van der Waals surface area contributed by atoms with E-state index in [1.54, 1.807) is 18.1 Å². The largest absolute Gasteiger partial charge is 0.345 e. The highest BCUT2D eigenvalue weighted by Crippen LogP contribution is 2.48. The first kappa shape index (κ1) is 8.99. The van der Waals surface area contributed by atoms with Gasteiger partial charge in [0, 0.05) is 12.4 Å². The van der Waals surface area contributed by atoms with Crippen molar-refractivity contribution < 1.29 is 0 Å². The lowest BCUT2D eigenvalue weighted by molar-refractivity contribution is 0.429. The number of aromatic nitrogens is 3. The summed E-state index contributed by atoms with van der Waals surface area (Å²) in [5.41, 5.74) is 0.283. The summed E-state index contributed by atoms with van der Waals surface area (Å²) in [6.45, 7) is 0.748. The summed E-state index contributed by atoms with van der Waals surface area (Å²) in [5, 5.41) is 5.00. The van der Waals surface area contributed by atoms with Gasteiger partial charge in [0.1, 0.15) is 6.33 Å². The van der Waals surface area contributed by atoms with Crippen LogP contribution in [0.15, 0.2) is 11.1 Å². The molecule has 1 aromatic heterocycles. The topological polar surface area (TPSA) is 39.8 Å². The van der Waals surface area contributed by atoms with E-state index < -0.39 is 0 Å². The standard InChI is InChI=1S/C8H12BrN3O/c1-11-6-10-12(7(11)13)5-8(4-9)2-3-8/h6H,2-5H2,1H3. The Morgan fingerprint density at radius 3 is 2.77 bits per heavy atom. The van der Waals surface area contributed by atoms with Crippen molar-refractivity contribution in [2.75, 3.05) is 5.33 Å². The fraction of sp³-hybridized carbons (Fsp3) is 0.750. The van der Waals surface area contributed by atoms with Gasteiger partial charge in [-0.25, -0.2) is 9.48 Å². The van der Waals surface area contributed by atoms with Gasteiger partial charge >= 0.3 is 5.69 Å². The highest BCUT2D eigenvalue weighted by molar-refractivity contribution is 9.09. The molecule has 2 rings (SSSR count). The number of hydrogen-bond acceptors (Lipinski definition) is 2. The average molecular weight is 246 g/mol. The van der Waals surface area contributed by atoms with Crippen molar-refractivity contribution >= 4 is 15.9 Å². The summed E-state index contributed by atoms with van der Waals surface area (Å²) in [6, 6.07) is 0. The molecule has 0 aromatic carbocycles. The van der Waals surface area contributed by atoms with E-state index in [0.717, 1.165) is 11.9 Å². The molecule has 0 spiro atoms. The van der Waals surface area contributed by atoms with Gasteiger partial charge in [-0.05, 0) is 18.3 Å². The third-order valence-corrected chi connectivity index (χ3v) is 3.80. The summed E-state index contributed by atoms with van der Waals surface area (Å²) in [7, 11) is 1.72. The molecule has 0 bridgehead atoms. The monoisotopic (exact) mass is 245 g/mol. The van der Waals surface area contributed by atoms with Crippen LogP contribution in [-0.2, 0) is 13.6 Å². The summed E-state index contributed by atoms with van der Waals surface area (Å²) >= 11 is 3.47. The molecule has 0 saturated heterocycles. The summed E-state index contributed by atoms with van der Waals surface area (Å²) < 4.78 is 3.05. The van der Waals surface area contributed by atoms with Gasteiger partial charge in [-0.15, -0.1) is 0 Å². The molecule has 4 nitrogen and oxygen atoms in total. The molecule has 0 radical (unpaired) electrons. The van der Waals surface area contributed by atoms with Gasteiger partial charge in [0.05, 0.1) is 6.54 Å². The van der Waals surface area contributed by atoms with Crippen LogP contribution in [0.3, 0.4) is 0 Å². The zero-order valence-corrected chi connectivity index (χ0v) is 9.12. The van der Waals surface area contributed by atoms with Gasteiger partial charge in [-0.1, -0.05) is 15.9 Å². The van der Waals surface area contributed by atoms with Crippen molar-refractivity contribution in [2.45, 2.75) is 19.4 Å². The Kier molecular flexibility index (Phi) is 2.06. The van der Waals surface area contributed by atoms with Crippen molar-refractivity contribution in [1.29, 1.82) is 0 Å². The molecule has 0 unspecified atom stereocenters. The number of hydrogen-bond donors (Lipinski definition) is 0. The molecule has 13 heavy (non-hydrogen) atoms. The normalized spacial score (nSPS) is 18.9. The second kappa shape index (κ2) is 2.97. The van der Waals surface area contributed by atoms with E-state index in [-0.39, 0.29) is 5.69 Å². The van der Waals surface area contributed by atoms with E-state index in [0.29, 0.717) is 5.41 Å². The maximum absolute atomic E-state index is 11.4. The van der Waals surface area contributed by atoms with Gasteiger partial charge in [0.2, 0.25) is 0 Å². The number of aryl methyl sites for hydroxylation is 1. The zero-order valence-electron chi connectivity index (χ0n) is 7.53. The molecular formula is C8H12BrN3O. The molecule has 0 N–H and O–H groups in total. The van der Waals surface area contributed by atoms with Crippen molar-refractivity contribution in [3.05, 3.63) is 16.8 Å². The van der Waals surface area contributed by atoms with Crippen molar-refractivity contribution in [3.63, 3.8) is 0 Å². The summed E-state index contributed by atoms with van der Waals surface area (Å²) in [6.07, 6.45) is 3.95. The van der Waals surface area contributed by atoms with Crippen molar-refractivity contribution in [2.24, 2.45) is 12.5 Å². The van der Waals surface area contributed by atoms with Gasteiger partial charge in [0.25, 0.3) is 0 Å². The minimum atomic E-state index is -0.0211. The fourth-order valence-electron chi connectivity index (χ4n) is 1.36. The van der Waals surface area contributed by atoms with Crippen molar-refractivity contribution in [3.8, 4) is 0 Å². The van der Waals surface area contributed by atoms with Gasteiger partial charge in [-0.2, -0.15) is 5.10 Å². The molecular weight excluding hydrogens is 234 g/mol. The van der Waals surface area contributed by atoms with Crippen LogP contribution in [0.5, 0.6) is 0 Å². The molecule has 0 aliphatic heterocycles. The molecule has 1 aliphatic rings. The first-order valence-corrected chi connectivity index (χ1v) is 5.43. The van der Waals surface area contributed by atoms with E-state index in [1.807, 2.05) is 0 Å². The number of halogens is 1. The third kappa shape index (κ3) is 1.57. The SMILES string of the molecule is Cn1cnn(CC2(CBr)CC2)c1=O. The Morgan fingerprint density at radius 1 is 1.69 bits per heavy atom. The maximum atomic E-state index is 11.4. The maximum Gasteiger partial charge on any atom is 0.345 e. The van der Waals surface area contributed by atoms with Crippen LogP contribution in [0.1, 0.15) is 12.8 Å². The predicted octanol–water partition coefficient (Wildman–Crippen LogP) is 0.757. The Labute approximate surface area is 84.7 Å². The van der Waals surface area contributed by atoms with E-state index in [1.165, 1.54) is 17.4 Å². The Hall–Kier alpha value is -0.580. The van der Waals surface area contributed by atoms with Crippen LogP contribution in [0.4, 0.5) is 0 Å². The smallest absolute Gasteiger partial charge is 0.285 e. The van der Waals surface area contributed by atoms with Crippen LogP contribution in [0, 0.1) is 5.41 Å². The Bertz CT molecular complexity index is 364. The molecule has 1 heterocycles. The van der Waals surface area contributed by atoms with Crippen LogP contribution in [0.25, 0.3) is 0 Å². The Balaban J connectivity index is 2.19. The average Bonchev–Trinajstić information content (AvgIpc) is 2.85. The molecule has 1 saturated carbocycles. The predicted molar refractivity (Wildman–Crippen MR) is 52.9 cm³/mol. The highest BCUT2D eigenvalue weighted by Gasteiger charge is 2.42. The van der Waals surface area contributed by atoms with Crippen molar-refractivity contribution in [1.82, 2.24) is 14.3 Å². The third-order valence-electron chi connectivity index (χ3n) is 2.61. The molecule has 72 valence electrons. The van der Waals surface area contributed by atoms with Crippen LogP contribution in [0.2, 0.25) is 0 Å². The first-order chi connectivity index (χ1) is 6.17. The number of nitrogens with zero attached hydrogens (tertiary/aromatic N) is 3. The zero-order chi connectivity index (χ0) is 9.47. The molecule has 1 fully saturated rings. The molecule has 0 amide bonds. The lowest BCUT2D eigenvalue weighted by Gasteiger charge is -2.09. The summed E-state index contributed by atoms with van der Waals surface area (Å²) in [5.74, 6) is 0. The van der Waals surface area contributed by atoms with Gasteiger partial charge in [-0.3, -0.25) is 4.57 Å². The second-order valence-electron chi connectivity index (χ2n) is 3.82. The van der Waals surface area contributed by atoms with E-state index in [4.69, 9.17) is 0 Å². The van der Waals surface area contributed by atoms with Gasteiger partial charge < -0.3 is 0 Å². The minimum Gasteiger partial charge on any atom is -0.285 e. The van der Waals surface area contributed by atoms with Gasteiger partial charge in [0.15, 0.2) is 0 Å². The van der Waals surface area contributed by atoms with E-state index in [9.17, 15) is 4.79 Å². The lowest BCUT2D eigenvalue weighted by Crippen LogP contribution is -2.27. The Morgan fingerprint density at radius 2 is 2.38 bits per heavy atom. The van der Waals surface area contributed by atoms with E-state index in [2.05, 4.69) is 21.0 Å². The van der Waals surface area contributed by atoms with Crippen LogP contribution < -0.4 is 5.69 Å². The summed E-state index contributed by atoms with van der Waals surface area (Å²) in [4.78, 5) is 11.4. The molecule has 0 atom stereocenters. The minimum absolute atomic E-state index is 0.0211.